The van der Waals surface area contributed by atoms with Crippen molar-refractivity contribution in [1.29, 1.82) is 0 Å². The maximum absolute atomic E-state index is 12.0. The zero-order valence-electron chi connectivity index (χ0n) is 13.8. The van der Waals surface area contributed by atoms with Crippen molar-refractivity contribution in [2.75, 3.05) is 0 Å². The Morgan fingerprint density at radius 2 is 2.00 bits per heavy atom. The molecule has 0 aliphatic rings. The number of ether oxygens (including phenoxy) is 1. The lowest BCUT2D eigenvalue weighted by atomic mass is 10.2. The summed E-state index contributed by atoms with van der Waals surface area (Å²) in [6.07, 6.45) is 4.65. The van der Waals surface area contributed by atoms with Crippen molar-refractivity contribution in [3.05, 3.63) is 94.2 Å². The highest BCUT2D eigenvalue weighted by atomic mass is 79.9. The molecule has 5 nitrogen and oxygen atoms in total. The molecule has 0 unspecified atom stereocenters. The van der Waals surface area contributed by atoms with Gasteiger partial charge in [0.1, 0.15) is 12.4 Å². The lowest BCUT2D eigenvalue weighted by Gasteiger charge is -2.09. The molecular weight excluding hydrogens is 394 g/mol. The van der Waals surface area contributed by atoms with E-state index in [2.05, 4.69) is 31.4 Å². The molecule has 26 heavy (non-hydrogen) atoms. The Kier molecular flexibility index (Phi) is 6.11. The maximum atomic E-state index is 12.0. The molecule has 3 rings (SSSR count). The van der Waals surface area contributed by atoms with E-state index in [1.807, 2.05) is 48.5 Å². The third-order valence-corrected chi connectivity index (χ3v) is 4.00. The van der Waals surface area contributed by atoms with Crippen molar-refractivity contribution in [2.24, 2.45) is 5.10 Å². The van der Waals surface area contributed by atoms with Crippen molar-refractivity contribution in [1.82, 2.24) is 10.4 Å². The molecule has 1 N–H and O–H groups in total. The molecule has 0 atom stereocenters. The summed E-state index contributed by atoms with van der Waals surface area (Å²) < 4.78 is 6.78. The standard InChI is InChI=1S/C20H16BrN3O2/c21-18-8-9-19(26-14-15-5-2-1-3-6-15)17(11-18)13-23-24-20(25)16-7-4-10-22-12-16/h1-13H,14H2,(H,24,25)/b23-13-. The van der Waals surface area contributed by atoms with Crippen LogP contribution in [0.1, 0.15) is 21.5 Å². The molecule has 130 valence electrons. The van der Waals surface area contributed by atoms with Crippen molar-refractivity contribution >= 4 is 28.1 Å². The molecule has 0 radical (unpaired) electrons. The van der Waals surface area contributed by atoms with Gasteiger partial charge in [0.15, 0.2) is 0 Å². The van der Waals surface area contributed by atoms with E-state index >= 15 is 0 Å². The minimum atomic E-state index is -0.323. The number of rotatable bonds is 6. The number of amides is 1. The van der Waals surface area contributed by atoms with Gasteiger partial charge in [-0.1, -0.05) is 46.3 Å². The average molecular weight is 410 g/mol. The van der Waals surface area contributed by atoms with Crippen LogP contribution in [-0.2, 0) is 6.61 Å². The van der Waals surface area contributed by atoms with Crippen LogP contribution in [0.15, 0.2) is 82.6 Å². The smallest absolute Gasteiger partial charge is 0.272 e. The van der Waals surface area contributed by atoms with Crippen molar-refractivity contribution < 1.29 is 9.53 Å². The van der Waals surface area contributed by atoms with E-state index in [-0.39, 0.29) is 5.91 Å². The van der Waals surface area contributed by atoms with Gasteiger partial charge < -0.3 is 4.74 Å². The van der Waals surface area contributed by atoms with E-state index in [0.29, 0.717) is 17.9 Å². The molecule has 0 bridgehead atoms. The molecule has 2 aromatic carbocycles. The van der Waals surface area contributed by atoms with Crippen LogP contribution in [0.5, 0.6) is 5.75 Å². The number of hydrogen-bond donors (Lipinski definition) is 1. The molecule has 0 aliphatic heterocycles. The van der Waals surface area contributed by atoms with Gasteiger partial charge in [-0.2, -0.15) is 5.10 Å². The summed E-state index contributed by atoms with van der Waals surface area (Å²) in [5.74, 6) is 0.354. The van der Waals surface area contributed by atoms with E-state index in [9.17, 15) is 4.79 Å². The topological polar surface area (TPSA) is 63.6 Å². The number of hydrazone groups is 1. The number of nitrogens with one attached hydrogen (secondary N) is 1. The first-order valence-corrected chi connectivity index (χ1v) is 8.71. The Balaban J connectivity index is 1.68. The van der Waals surface area contributed by atoms with Crippen LogP contribution >= 0.6 is 15.9 Å². The van der Waals surface area contributed by atoms with Gasteiger partial charge in [-0.3, -0.25) is 9.78 Å². The number of halogens is 1. The Labute approximate surface area is 159 Å². The van der Waals surface area contributed by atoms with Gasteiger partial charge in [0, 0.05) is 22.4 Å². The Morgan fingerprint density at radius 1 is 1.15 bits per heavy atom. The predicted octanol–water partition coefficient (Wildman–Crippen LogP) is 4.19. The summed E-state index contributed by atoms with van der Waals surface area (Å²) in [5, 5.41) is 4.02. The number of carbonyl (C=O) groups is 1. The Morgan fingerprint density at radius 3 is 2.77 bits per heavy atom. The zero-order chi connectivity index (χ0) is 18.2. The van der Waals surface area contributed by atoms with Crippen molar-refractivity contribution in [3.8, 4) is 5.75 Å². The molecule has 0 spiro atoms. The van der Waals surface area contributed by atoms with E-state index in [4.69, 9.17) is 4.74 Å². The summed E-state index contributed by atoms with van der Waals surface area (Å²) in [7, 11) is 0. The highest BCUT2D eigenvalue weighted by Gasteiger charge is 2.05. The summed E-state index contributed by atoms with van der Waals surface area (Å²) in [5.41, 5.74) is 4.76. The predicted molar refractivity (Wildman–Crippen MR) is 104 cm³/mol. The van der Waals surface area contributed by atoms with Gasteiger partial charge in [-0.25, -0.2) is 5.43 Å². The first-order chi connectivity index (χ1) is 12.7. The van der Waals surface area contributed by atoms with Gasteiger partial charge in [0.2, 0.25) is 0 Å². The van der Waals surface area contributed by atoms with Gasteiger partial charge in [-0.05, 0) is 35.9 Å². The highest BCUT2D eigenvalue weighted by Crippen LogP contribution is 2.22. The van der Waals surface area contributed by atoms with E-state index < -0.39 is 0 Å². The highest BCUT2D eigenvalue weighted by molar-refractivity contribution is 9.10. The third kappa shape index (κ3) is 5.00. The van der Waals surface area contributed by atoms with Gasteiger partial charge in [0.25, 0.3) is 5.91 Å². The molecule has 1 aromatic heterocycles. The zero-order valence-corrected chi connectivity index (χ0v) is 15.4. The molecule has 1 amide bonds. The third-order valence-electron chi connectivity index (χ3n) is 3.50. The molecule has 6 heteroatoms. The van der Waals surface area contributed by atoms with Crippen LogP contribution in [0.4, 0.5) is 0 Å². The van der Waals surface area contributed by atoms with Crippen molar-refractivity contribution in [3.63, 3.8) is 0 Å². The lowest BCUT2D eigenvalue weighted by molar-refractivity contribution is 0.0954. The van der Waals surface area contributed by atoms with Crippen LogP contribution in [0, 0.1) is 0 Å². The fourth-order valence-corrected chi connectivity index (χ4v) is 2.59. The fraction of sp³-hybridized carbons (Fsp3) is 0.0500. The second kappa shape index (κ2) is 8.92. The summed E-state index contributed by atoms with van der Waals surface area (Å²) >= 11 is 3.44. The number of pyridine rings is 1. The molecule has 0 saturated carbocycles. The summed E-state index contributed by atoms with van der Waals surface area (Å²) in [6.45, 7) is 0.450. The maximum Gasteiger partial charge on any atom is 0.272 e. The van der Waals surface area contributed by atoms with Crippen LogP contribution < -0.4 is 10.2 Å². The first-order valence-electron chi connectivity index (χ1n) is 7.92. The number of aromatic nitrogens is 1. The minimum absolute atomic E-state index is 0.323. The molecule has 0 fully saturated rings. The van der Waals surface area contributed by atoms with E-state index in [1.165, 1.54) is 6.20 Å². The van der Waals surface area contributed by atoms with Crippen LogP contribution in [0.2, 0.25) is 0 Å². The van der Waals surface area contributed by atoms with Gasteiger partial charge in [-0.15, -0.1) is 0 Å². The second-order valence-electron chi connectivity index (χ2n) is 5.40. The normalized spacial score (nSPS) is 10.7. The van der Waals surface area contributed by atoms with Crippen molar-refractivity contribution in [2.45, 2.75) is 6.61 Å². The van der Waals surface area contributed by atoms with E-state index in [0.717, 1.165) is 15.6 Å². The SMILES string of the molecule is O=C(N/N=C\c1cc(Br)ccc1OCc1ccccc1)c1cccnc1. The quantitative estimate of drug-likeness (QED) is 0.490. The lowest BCUT2D eigenvalue weighted by Crippen LogP contribution is -2.17. The minimum Gasteiger partial charge on any atom is -0.488 e. The Hall–Kier alpha value is -2.99. The fourth-order valence-electron chi connectivity index (χ4n) is 2.21. The molecular formula is C20H16BrN3O2. The second-order valence-corrected chi connectivity index (χ2v) is 6.31. The summed E-state index contributed by atoms with van der Waals surface area (Å²) in [4.78, 5) is 15.9. The van der Waals surface area contributed by atoms with E-state index in [1.54, 1.807) is 24.5 Å². The molecule has 3 aromatic rings. The van der Waals surface area contributed by atoms with Gasteiger partial charge in [0.05, 0.1) is 11.8 Å². The van der Waals surface area contributed by atoms with Gasteiger partial charge >= 0.3 is 0 Å². The van der Waals surface area contributed by atoms with Crippen LogP contribution in [0.25, 0.3) is 0 Å². The largest absolute Gasteiger partial charge is 0.488 e. The monoisotopic (exact) mass is 409 g/mol. The average Bonchev–Trinajstić information content (AvgIpc) is 2.69. The number of carbonyl (C=O) groups excluding carboxylic acids is 1. The number of hydrogen-bond acceptors (Lipinski definition) is 4. The van der Waals surface area contributed by atoms with Crippen LogP contribution in [-0.4, -0.2) is 17.1 Å². The number of nitrogens with zero attached hydrogens (tertiary/aromatic N) is 2. The summed E-state index contributed by atoms with van der Waals surface area (Å²) in [6, 6.07) is 18.9. The molecule has 0 saturated heterocycles. The molecule has 0 aliphatic carbocycles. The number of benzene rings is 2. The molecule has 1 heterocycles. The van der Waals surface area contributed by atoms with Crippen LogP contribution in [0.3, 0.4) is 0 Å². The Bertz CT molecular complexity index is 899. The first kappa shape index (κ1) is 17.8.